The number of ether oxygens (including phenoxy) is 1. The molecule has 0 N–H and O–H groups in total. The third-order valence-electron chi connectivity index (χ3n) is 3.90. The van der Waals surface area contributed by atoms with Gasteiger partial charge in [-0.2, -0.15) is 0 Å². The summed E-state index contributed by atoms with van der Waals surface area (Å²) in [7, 11) is 0. The Hall–Kier alpha value is -0.760. The Bertz CT molecular complexity index is 374. The highest BCUT2D eigenvalue weighted by Gasteiger charge is 2.30. The molecule has 0 aromatic carbocycles. The molecule has 0 spiro atoms. The maximum absolute atomic E-state index is 5.95. The van der Waals surface area contributed by atoms with Crippen molar-refractivity contribution < 1.29 is 4.74 Å². The largest absolute Gasteiger partial charge is 0.489 e. The second-order valence-electron chi connectivity index (χ2n) is 6.27. The summed E-state index contributed by atoms with van der Waals surface area (Å²) in [6, 6.07) is 3.67. The van der Waals surface area contributed by atoms with E-state index in [4.69, 9.17) is 16.3 Å². The van der Waals surface area contributed by atoms with Crippen LogP contribution in [0.3, 0.4) is 0 Å². The Morgan fingerprint density at radius 1 is 1.17 bits per heavy atom. The van der Waals surface area contributed by atoms with Gasteiger partial charge >= 0.3 is 0 Å². The molecule has 3 heteroatoms. The number of hydrogen-bond acceptors (Lipinski definition) is 2. The van der Waals surface area contributed by atoms with Crippen LogP contribution in [0.5, 0.6) is 5.75 Å². The molecule has 0 unspecified atom stereocenters. The van der Waals surface area contributed by atoms with Crippen LogP contribution in [0.2, 0.25) is 5.15 Å². The Labute approximate surface area is 115 Å². The monoisotopic (exact) mass is 267 g/mol. The van der Waals surface area contributed by atoms with E-state index in [0.717, 1.165) is 24.5 Å². The van der Waals surface area contributed by atoms with Gasteiger partial charge in [0.2, 0.25) is 0 Å². The zero-order chi connectivity index (χ0) is 13.2. The zero-order valence-corrected chi connectivity index (χ0v) is 12.2. The van der Waals surface area contributed by atoms with Gasteiger partial charge < -0.3 is 4.74 Å². The fraction of sp³-hybridized carbons (Fsp3) is 0.667. The third kappa shape index (κ3) is 3.61. The Balaban J connectivity index is 1.85. The lowest BCUT2D eigenvalue weighted by molar-refractivity contribution is 0.0880. The van der Waals surface area contributed by atoms with Crippen molar-refractivity contribution in [1.29, 1.82) is 0 Å². The molecule has 1 fully saturated rings. The van der Waals surface area contributed by atoms with E-state index in [1.807, 2.05) is 6.07 Å². The number of aromatic nitrogens is 1. The molecule has 2 nitrogen and oxygen atoms in total. The van der Waals surface area contributed by atoms with Gasteiger partial charge in [-0.1, -0.05) is 32.4 Å². The van der Waals surface area contributed by atoms with Gasteiger partial charge in [0.05, 0.1) is 12.3 Å². The SMILES string of the molecule is CC(C)(C)[C@H]1CC[C@H](Oc2ccc(Cl)nc2)CC1. The molecular weight excluding hydrogens is 246 g/mol. The van der Waals surface area contributed by atoms with E-state index in [0.29, 0.717) is 16.7 Å². The Kier molecular flexibility index (Phi) is 4.16. The van der Waals surface area contributed by atoms with Crippen LogP contribution < -0.4 is 4.74 Å². The molecule has 1 aliphatic carbocycles. The average Bonchev–Trinajstić information content (AvgIpc) is 2.32. The van der Waals surface area contributed by atoms with Crippen molar-refractivity contribution in [2.45, 2.75) is 52.6 Å². The summed E-state index contributed by atoms with van der Waals surface area (Å²) in [5.41, 5.74) is 0.423. The van der Waals surface area contributed by atoms with Gasteiger partial charge in [0, 0.05) is 0 Å². The van der Waals surface area contributed by atoms with E-state index >= 15 is 0 Å². The molecular formula is C15H22ClNO. The van der Waals surface area contributed by atoms with Crippen molar-refractivity contribution in [2.24, 2.45) is 11.3 Å². The van der Waals surface area contributed by atoms with Crippen molar-refractivity contribution in [3.8, 4) is 5.75 Å². The van der Waals surface area contributed by atoms with E-state index in [2.05, 4.69) is 25.8 Å². The van der Waals surface area contributed by atoms with Gasteiger partial charge in [0.25, 0.3) is 0 Å². The van der Waals surface area contributed by atoms with Gasteiger partial charge in [-0.15, -0.1) is 0 Å². The van der Waals surface area contributed by atoms with Crippen molar-refractivity contribution in [3.05, 3.63) is 23.5 Å². The molecule has 1 heterocycles. The number of hydrogen-bond donors (Lipinski definition) is 0. The Morgan fingerprint density at radius 3 is 2.33 bits per heavy atom. The molecule has 100 valence electrons. The van der Waals surface area contributed by atoms with E-state index in [1.165, 1.54) is 12.8 Å². The zero-order valence-electron chi connectivity index (χ0n) is 11.4. The maximum atomic E-state index is 5.95. The topological polar surface area (TPSA) is 22.1 Å². The van der Waals surface area contributed by atoms with Gasteiger partial charge in [-0.25, -0.2) is 4.98 Å². The second kappa shape index (κ2) is 5.48. The van der Waals surface area contributed by atoms with Crippen LogP contribution in [-0.4, -0.2) is 11.1 Å². The predicted octanol–water partition coefficient (Wildman–Crippen LogP) is 4.72. The molecule has 0 saturated heterocycles. The average molecular weight is 268 g/mol. The molecule has 0 atom stereocenters. The first-order chi connectivity index (χ1) is 8.45. The van der Waals surface area contributed by atoms with Gasteiger partial charge in [0.15, 0.2) is 0 Å². The summed E-state index contributed by atoms with van der Waals surface area (Å²) in [5.74, 6) is 1.65. The van der Waals surface area contributed by atoms with Crippen molar-refractivity contribution in [1.82, 2.24) is 4.98 Å². The third-order valence-corrected chi connectivity index (χ3v) is 4.13. The Morgan fingerprint density at radius 2 is 1.83 bits per heavy atom. The van der Waals surface area contributed by atoms with Crippen LogP contribution >= 0.6 is 11.6 Å². The molecule has 0 radical (unpaired) electrons. The quantitative estimate of drug-likeness (QED) is 0.724. The summed E-state index contributed by atoms with van der Waals surface area (Å²) in [6.07, 6.45) is 6.85. The van der Waals surface area contributed by atoms with Crippen molar-refractivity contribution in [2.75, 3.05) is 0 Å². The fourth-order valence-electron chi connectivity index (χ4n) is 2.67. The molecule has 18 heavy (non-hydrogen) atoms. The van der Waals surface area contributed by atoms with Gasteiger partial charge in [-0.3, -0.25) is 0 Å². The van der Waals surface area contributed by atoms with Gasteiger partial charge in [-0.05, 0) is 49.1 Å². The second-order valence-corrected chi connectivity index (χ2v) is 6.66. The lowest BCUT2D eigenvalue weighted by atomic mass is 9.72. The highest BCUT2D eigenvalue weighted by molar-refractivity contribution is 6.29. The summed E-state index contributed by atoms with van der Waals surface area (Å²) in [5, 5.41) is 0.513. The highest BCUT2D eigenvalue weighted by atomic mass is 35.5. The molecule has 0 amide bonds. The molecule has 1 aromatic rings. The molecule has 1 saturated carbocycles. The van der Waals surface area contributed by atoms with Crippen molar-refractivity contribution >= 4 is 11.6 Å². The summed E-state index contributed by atoms with van der Waals surface area (Å²) in [6.45, 7) is 7.01. The molecule has 2 rings (SSSR count). The van der Waals surface area contributed by atoms with Crippen LogP contribution in [0.1, 0.15) is 46.5 Å². The summed E-state index contributed by atoms with van der Waals surface area (Å²) in [4.78, 5) is 4.04. The lowest BCUT2D eigenvalue weighted by Gasteiger charge is -2.36. The standard InChI is InChI=1S/C15H22ClNO/c1-15(2,3)11-4-6-12(7-5-11)18-13-8-9-14(16)17-10-13/h8-12H,4-7H2,1-3H3/t11-,12-. The lowest BCUT2D eigenvalue weighted by Crippen LogP contribution is -2.30. The van der Waals surface area contributed by atoms with E-state index in [-0.39, 0.29) is 0 Å². The predicted molar refractivity (Wildman–Crippen MR) is 75.1 cm³/mol. The van der Waals surface area contributed by atoms with Crippen LogP contribution in [0.25, 0.3) is 0 Å². The summed E-state index contributed by atoms with van der Waals surface area (Å²) >= 11 is 5.76. The van der Waals surface area contributed by atoms with Crippen molar-refractivity contribution in [3.63, 3.8) is 0 Å². The van der Waals surface area contributed by atoms with E-state index in [1.54, 1.807) is 12.3 Å². The van der Waals surface area contributed by atoms with Gasteiger partial charge in [0.1, 0.15) is 10.9 Å². The molecule has 0 bridgehead atoms. The maximum Gasteiger partial charge on any atom is 0.138 e. The minimum absolute atomic E-state index is 0.339. The number of rotatable bonds is 2. The first-order valence-corrected chi connectivity index (χ1v) is 7.11. The minimum atomic E-state index is 0.339. The molecule has 1 aromatic heterocycles. The highest BCUT2D eigenvalue weighted by Crippen LogP contribution is 2.38. The molecule has 1 aliphatic rings. The normalized spacial score (nSPS) is 24.9. The smallest absolute Gasteiger partial charge is 0.138 e. The molecule has 0 aliphatic heterocycles. The number of nitrogens with zero attached hydrogens (tertiary/aromatic N) is 1. The van der Waals surface area contributed by atoms with Crippen LogP contribution in [0.15, 0.2) is 18.3 Å². The summed E-state index contributed by atoms with van der Waals surface area (Å²) < 4.78 is 5.95. The first kappa shape index (κ1) is 13.7. The van der Waals surface area contributed by atoms with Crippen LogP contribution in [0.4, 0.5) is 0 Å². The van der Waals surface area contributed by atoms with E-state index in [9.17, 15) is 0 Å². The number of pyridine rings is 1. The van der Waals surface area contributed by atoms with E-state index < -0.39 is 0 Å². The van der Waals surface area contributed by atoms with Crippen LogP contribution in [-0.2, 0) is 0 Å². The fourth-order valence-corrected chi connectivity index (χ4v) is 2.78. The number of halogens is 1. The first-order valence-electron chi connectivity index (χ1n) is 6.73. The minimum Gasteiger partial charge on any atom is -0.489 e. The van der Waals surface area contributed by atoms with Crippen LogP contribution in [0, 0.1) is 11.3 Å².